The summed E-state index contributed by atoms with van der Waals surface area (Å²) < 4.78 is 0. The molecular formula is C16H16N2O2. The minimum atomic E-state index is -0.385. The van der Waals surface area contributed by atoms with E-state index in [2.05, 4.69) is 0 Å². The third-order valence-corrected chi connectivity index (χ3v) is 3.07. The van der Waals surface area contributed by atoms with Gasteiger partial charge in [0.25, 0.3) is 5.91 Å². The quantitative estimate of drug-likeness (QED) is 0.867. The molecule has 0 aliphatic carbocycles. The molecule has 0 saturated heterocycles. The lowest BCUT2D eigenvalue weighted by atomic mass is 10.1. The number of nitrogen functional groups attached to an aromatic ring is 1. The van der Waals surface area contributed by atoms with Crippen LogP contribution in [0.25, 0.3) is 0 Å². The molecule has 2 amide bonds. The van der Waals surface area contributed by atoms with E-state index < -0.39 is 0 Å². The molecule has 0 unspecified atom stereocenters. The van der Waals surface area contributed by atoms with E-state index in [4.69, 9.17) is 5.73 Å². The molecule has 0 aromatic heterocycles. The Morgan fingerprint density at radius 1 is 1.00 bits per heavy atom. The topological polar surface area (TPSA) is 63.4 Å². The standard InChI is InChI=1S/C16H16N2O2/c1-18(15(19)11-12-7-3-2-4-8-12)16(20)13-9-5-6-10-14(13)17/h2-10H,11,17H2,1H3. The first-order chi connectivity index (χ1) is 9.59. The van der Waals surface area contributed by atoms with Crippen LogP contribution in [0.5, 0.6) is 0 Å². The van der Waals surface area contributed by atoms with E-state index in [-0.39, 0.29) is 18.2 Å². The summed E-state index contributed by atoms with van der Waals surface area (Å²) in [5.74, 6) is -0.645. The van der Waals surface area contributed by atoms with E-state index in [9.17, 15) is 9.59 Å². The maximum Gasteiger partial charge on any atom is 0.262 e. The molecule has 2 rings (SSSR count). The molecule has 0 aliphatic rings. The SMILES string of the molecule is CN(C(=O)Cc1ccccc1)C(=O)c1ccccc1N. The molecule has 4 heteroatoms. The molecule has 2 aromatic rings. The molecule has 0 radical (unpaired) electrons. The van der Waals surface area contributed by atoms with Gasteiger partial charge in [-0.1, -0.05) is 42.5 Å². The maximum atomic E-state index is 12.2. The molecule has 0 aliphatic heterocycles. The summed E-state index contributed by atoms with van der Waals surface area (Å²) in [5, 5.41) is 0. The van der Waals surface area contributed by atoms with Gasteiger partial charge in [-0.3, -0.25) is 14.5 Å². The first-order valence-corrected chi connectivity index (χ1v) is 6.29. The van der Waals surface area contributed by atoms with Crippen LogP contribution in [0.3, 0.4) is 0 Å². The molecule has 0 atom stereocenters. The van der Waals surface area contributed by atoms with Gasteiger partial charge in [0.15, 0.2) is 0 Å². The Kier molecular flexibility index (Phi) is 4.15. The third kappa shape index (κ3) is 3.03. The second kappa shape index (κ2) is 6.02. The van der Waals surface area contributed by atoms with Crippen LogP contribution in [0, 0.1) is 0 Å². The highest BCUT2D eigenvalue weighted by molar-refractivity contribution is 6.07. The molecule has 20 heavy (non-hydrogen) atoms. The van der Waals surface area contributed by atoms with Gasteiger partial charge in [0.1, 0.15) is 0 Å². The number of amides is 2. The van der Waals surface area contributed by atoms with Crippen molar-refractivity contribution in [1.29, 1.82) is 0 Å². The van der Waals surface area contributed by atoms with E-state index in [0.717, 1.165) is 10.5 Å². The molecular weight excluding hydrogens is 252 g/mol. The summed E-state index contributed by atoms with van der Waals surface area (Å²) in [6.45, 7) is 0. The molecule has 0 spiro atoms. The molecule has 0 fully saturated rings. The van der Waals surface area contributed by atoms with Crippen LogP contribution in [0.15, 0.2) is 54.6 Å². The Hall–Kier alpha value is -2.62. The second-order valence-corrected chi connectivity index (χ2v) is 4.51. The van der Waals surface area contributed by atoms with Crippen LogP contribution in [0.4, 0.5) is 5.69 Å². The molecule has 0 heterocycles. The monoisotopic (exact) mass is 268 g/mol. The van der Waals surface area contributed by atoms with Gasteiger partial charge in [0.2, 0.25) is 5.91 Å². The number of hydrogen-bond donors (Lipinski definition) is 1. The molecule has 0 saturated carbocycles. The van der Waals surface area contributed by atoms with Crippen molar-refractivity contribution in [2.24, 2.45) is 0 Å². The number of carbonyl (C=O) groups is 2. The minimum Gasteiger partial charge on any atom is -0.398 e. The van der Waals surface area contributed by atoms with Crippen LogP contribution in [0.2, 0.25) is 0 Å². The van der Waals surface area contributed by atoms with Gasteiger partial charge in [0, 0.05) is 12.7 Å². The lowest BCUT2D eigenvalue weighted by Crippen LogP contribution is -2.34. The lowest BCUT2D eigenvalue weighted by Gasteiger charge is -2.16. The van der Waals surface area contributed by atoms with Crippen LogP contribution < -0.4 is 5.73 Å². The van der Waals surface area contributed by atoms with Gasteiger partial charge >= 0.3 is 0 Å². The van der Waals surface area contributed by atoms with Crippen molar-refractivity contribution in [2.75, 3.05) is 12.8 Å². The fraction of sp³-hybridized carbons (Fsp3) is 0.125. The van der Waals surface area contributed by atoms with Gasteiger partial charge in [0.05, 0.1) is 12.0 Å². The second-order valence-electron chi connectivity index (χ2n) is 4.51. The Balaban J connectivity index is 2.11. The highest BCUT2D eigenvalue weighted by Gasteiger charge is 2.20. The fourth-order valence-electron chi connectivity index (χ4n) is 1.87. The van der Waals surface area contributed by atoms with E-state index in [1.807, 2.05) is 30.3 Å². The Bertz CT molecular complexity index is 623. The highest BCUT2D eigenvalue weighted by atomic mass is 16.2. The average molecular weight is 268 g/mol. The van der Waals surface area contributed by atoms with E-state index in [1.54, 1.807) is 24.3 Å². The van der Waals surface area contributed by atoms with Gasteiger partial charge < -0.3 is 5.73 Å². The van der Waals surface area contributed by atoms with Gasteiger partial charge in [-0.05, 0) is 17.7 Å². The Morgan fingerprint density at radius 3 is 2.25 bits per heavy atom. The fourth-order valence-corrected chi connectivity index (χ4v) is 1.87. The zero-order valence-electron chi connectivity index (χ0n) is 11.2. The van der Waals surface area contributed by atoms with Crippen LogP contribution in [-0.2, 0) is 11.2 Å². The smallest absolute Gasteiger partial charge is 0.262 e. The summed E-state index contributed by atoms with van der Waals surface area (Å²) in [4.78, 5) is 25.4. The predicted octanol–water partition coefficient (Wildman–Crippen LogP) is 2.11. The van der Waals surface area contributed by atoms with E-state index >= 15 is 0 Å². The number of hydrogen-bond acceptors (Lipinski definition) is 3. The van der Waals surface area contributed by atoms with Gasteiger partial charge in [-0.15, -0.1) is 0 Å². The lowest BCUT2D eigenvalue weighted by molar-refractivity contribution is -0.126. The van der Waals surface area contributed by atoms with Crippen molar-refractivity contribution >= 4 is 17.5 Å². The van der Waals surface area contributed by atoms with Crippen molar-refractivity contribution in [3.8, 4) is 0 Å². The van der Waals surface area contributed by atoms with E-state index in [0.29, 0.717) is 11.3 Å². The van der Waals surface area contributed by atoms with E-state index in [1.165, 1.54) is 7.05 Å². The number of benzene rings is 2. The first-order valence-electron chi connectivity index (χ1n) is 6.29. The predicted molar refractivity (Wildman–Crippen MR) is 78.1 cm³/mol. The number of para-hydroxylation sites is 1. The van der Waals surface area contributed by atoms with Crippen LogP contribution >= 0.6 is 0 Å². The highest BCUT2D eigenvalue weighted by Crippen LogP contribution is 2.13. The number of anilines is 1. The van der Waals surface area contributed by atoms with Crippen LogP contribution in [0.1, 0.15) is 15.9 Å². The Labute approximate surface area is 117 Å². The Morgan fingerprint density at radius 2 is 1.60 bits per heavy atom. The van der Waals surface area contributed by atoms with Crippen LogP contribution in [-0.4, -0.2) is 23.8 Å². The number of nitrogens with two attached hydrogens (primary N) is 1. The minimum absolute atomic E-state index is 0.190. The molecule has 2 N–H and O–H groups in total. The van der Waals surface area contributed by atoms with Crippen molar-refractivity contribution in [1.82, 2.24) is 4.90 Å². The average Bonchev–Trinajstić information content (AvgIpc) is 2.47. The van der Waals surface area contributed by atoms with Gasteiger partial charge in [-0.25, -0.2) is 0 Å². The number of rotatable bonds is 3. The number of likely N-dealkylation sites (N-methyl/N-ethyl adjacent to an activating group) is 1. The molecule has 2 aromatic carbocycles. The maximum absolute atomic E-state index is 12.2. The zero-order chi connectivity index (χ0) is 14.5. The summed E-state index contributed by atoms with van der Waals surface area (Å²) in [5.41, 5.74) is 7.34. The van der Waals surface area contributed by atoms with Crippen molar-refractivity contribution in [2.45, 2.75) is 6.42 Å². The normalized spacial score (nSPS) is 10.1. The molecule has 102 valence electrons. The first kappa shape index (κ1) is 13.8. The summed E-state index contributed by atoms with van der Waals surface area (Å²) in [7, 11) is 1.47. The molecule has 4 nitrogen and oxygen atoms in total. The van der Waals surface area contributed by atoms with Gasteiger partial charge in [-0.2, -0.15) is 0 Å². The van der Waals surface area contributed by atoms with Crippen molar-refractivity contribution < 1.29 is 9.59 Å². The summed E-state index contributed by atoms with van der Waals surface area (Å²) >= 11 is 0. The number of carbonyl (C=O) groups excluding carboxylic acids is 2. The number of nitrogens with zero attached hydrogens (tertiary/aromatic N) is 1. The largest absolute Gasteiger partial charge is 0.398 e. The van der Waals surface area contributed by atoms with Crippen molar-refractivity contribution in [3.05, 3.63) is 65.7 Å². The van der Waals surface area contributed by atoms with Crippen molar-refractivity contribution in [3.63, 3.8) is 0 Å². The summed E-state index contributed by atoms with van der Waals surface area (Å²) in [6.07, 6.45) is 0.190. The third-order valence-electron chi connectivity index (χ3n) is 3.07. The summed E-state index contributed by atoms with van der Waals surface area (Å²) in [6, 6.07) is 16.0. The number of imide groups is 1. The zero-order valence-corrected chi connectivity index (χ0v) is 11.2. The molecule has 0 bridgehead atoms.